The van der Waals surface area contributed by atoms with Crippen LogP contribution >= 0.6 is 0 Å². The molecule has 10 heteroatoms. The molecule has 1 aliphatic rings. The van der Waals surface area contributed by atoms with E-state index in [-0.39, 0.29) is 29.6 Å². The summed E-state index contributed by atoms with van der Waals surface area (Å²) in [5.74, 6) is -0.108. The van der Waals surface area contributed by atoms with Crippen molar-refractivity contribution in [1.29, 1.82) is 0 Å². The Labute approximate surface area is 222 Å². The summed E-state index contributed by atoms with van der Waals surface area (Å²) >= 11 is 0. The fourth-order valence-electron chi connectivity index (χ4n) is 4.17. The molecule has 0 bridgehead atoms. The van der Waals surface area contributed by atoms with Gasteiger partial charge in [-0.2, -0.15) is 4.31 Å². The van der Waals surface area contributed by atoms with Crippen LogP contribution in [0.1, 0.15) is 27.9 Å². The van der Waals surface area contributed by atoms with Crippen molar-refractivity contribution in [1.82, 2.24) is 9.62 Å². The van der Waals surface area contributed by atoms with Crippen LogP contribution in [0.3, 0.4) is 0 Å². The summed E-state index contributed by atoms with van der Waals surface area (Å²) in [4.78, 5) is 25.8. The molecule has 0 radical (unpaired) electrons. The van der Waals surface area contributed by atoms with E-state index in [0.29, 0.717) is 55.4 Å². The first-order chi connectivity index (χ1) is 18.4. The van der Waals surface area contributed by atoms with Crippen LogP contribution in [0, 0.1) is 0 Å². The van der Waals surface area contributed by atoms with Gasteiger partial charge >= 0.3 is 0 Å². The first-order valence-corrected chi connectivity index (χ1v) is 13.8. The molecule has 0 spiro atoms. The Morgan fingerprint density at radius 3 is 2.42 bits per heavy atom. The molecule has 3 aromatic rings. The Kier molecular flexibility index (Phi) is 9.11. The highest BCUT2D eigenvalue weighted by molar-refractivity contribution is 7.89. The van der Waals surface area contributed by atoms with Crippen LogP contribution in [0.4, 0.5) is 5.69 Å². The zero-order valence-electron chi connectivity index (χ0n) is 21.2. The van der Waals surface area contributed by atoms with Crippen molar-refractivity contribution in [3.05, 3.63) is 89.5 Å². The van der Waals surface area contributed by atoms with Crippen molar-refractivity contribution in [2.24, 2.45) is 0 Å². The Hall–Kier alpha value is -3.73. The smallest absolute Gasteiger partial charge is 0.253 e. The second kappa shape index (κ2) is 12.7. The molecule has 0 unspecified atom stereocenters. The maximum Gasteiger partial charge on any atom is 0.253 e. The van der Waals surface area contributed by atoms with Crippen molar-refractivity contribution in [3.8, 4) is 5.75 Å². The summed E-state index contributed by atoms with van der Waals surface area (Å²) in [5, 5.41) is 5.69. The first kappa shape index (κ1) is 27.3. The molecule has 3 aromatic carbocycles. The lowest BCUT2D eigenvalue weighted by Crippen LogP contribution is -2.40. The molecule has 0 aromatic heterocycles. The highest BCUT2D eigenvalue weighted by Gasteiger charge is 2.27. The summed E-state index contributed by atoms with van der Waals surface area (Å²) in [5.41, 5.74) is 2.33. The normalized spacial score (nSPS) is 14.0. The van der Waals surface area contributed by atoms with Gasteiger partial charge in [0, 0.05) is 26.1 Å². The third kappa shape index (κ3) is 6.77. The maximum absolute atomic E-state index is 13.1. The summed E-state index contributed by atoms with van der Waals surface area (Å²) < 4.78 is 38.2. The number of morpholine rings is 1. The molecule has 2 amide bonds. The minimum absolute atomic E-state index is 0.0668. The average Bonchev–Trinajstić information content (AvgIpc) is 2.96. The van der Waals surface area contributed by atoms with Gasteiger partial charge in [-0.1, -0.05) is 42.5 Å². The largest absolute Gasteiger partial charge is 0.496 e. The quantitative estimate of drug-likeness (QED) is 0.411. The van der Waals surface area contributed by atoms with Crippen LogP contribution in [-0.4, -0.2) is 58.0 Å². The van der Waals surface area contributed by atoms with E-state index in [1.54, 1.807) is 36.4 Å². The molecule has 200 valence electrons. The molecule has 1 fully saturated rings. The summed E-state index contributed by atoms with van der Waals surface area (Å²) in [6.07, 6.45) is 0.321. The zero-order chi connectivity index (χ0) is 27.0. The lowest BCUT2D eigenvalue weighted by molar-refractivity contribution is -0.116. The van der Waals surface area contributed by atoms with Crippen LogP contribution in [0.2, 0.25) is 0 Å². The average molecular weight is 538 g/mol. The number of methoxy groups -OCH3 is 1. The number of carbonyl (C=O) groups excluding carboxylic acids is 2. The van der Waals surface area contributed by atoms with Gasteiger partial charge in [0.25, 0.3) is 5.91 Å². The number of para-hydroxylation sites is 1. The van der Waals surface area contributed by atoms with E-state index in [2.05, 4.69) is 10.6 Å². The van der Waals surface area contributed by atoms with Crippen molar-refractivity contribution >= 4 is 27.5 Å². The summed E-state index contributed by atoms with van der Waals surface area (Å²) in [7, 11) is -2.19. The lowest BCUT2D eigenvalue weighted by Gasteiger charge is -2.26. The van der Waals surface area contributed by atoms with Gasteiger partial charge in [-0.05, 0) is 47.9 Å². The molecular formula is C28H31N3O6S. The van der Waals surface area contributed by atoms with E-state index >= 15 is 0 Å². The number of carbonyl (C=O) groups is 2. The number of aryl methyl sites for hydroxylation is 1. The highest BCUT2D eigenvalue weighted by atomic mass is 32.2. The number of anilines is 1. The number of nitrogens with one attached hydrogen (secondary N) is 2. The van der Waals surface area contributed by atoms with E-state index in [1.807, 2.05) is 30.3 Å². The molecule has 38 heavy (non-hydrogen) atoms. The SMILES string of the molecule is COc1ccc(S(=O)(=O)N2CCOCC2)cc1CCC(=O)Nc1ccccc1C(=O)NCc1ccccc1. The van der Waals surface area contributed by atoms with Gasteiger partial charge in [-0.25, -0.2) is 8.42 Å². The van der Waals surface area contributed by atoms with E-state index in [1.165, 1.54) is 17.5 Å². The number of rotatable bonds is 10. The van der Waals surface area contributed by atoms with Gasteiger partial charge in [0.2, 0.25) is 15.9 Å². The van der Waals surface area contributed by atoms with Gasteiger partial charge in [-0.15, -0.1) is 0 Å². The Balaban J connectivity index is 1.41. The van der Waals surface area contributed by atoms with E-state index < -0.39 is 10.0 Å². The third-order valence-electron chi connectivity index (χ3n) is 6.22. The van der Waals surface area contributed by atoms with E-state index in [4.69, 9.17) is 9.47 Å². The van der Waals surface area contributed by atoms with Crippen LogP contribution in [0.5, 0.6) is 5.75 Å². The molecule has 1 aliphatic heterocycles. The molecule has 2 N–H and O–H groups in total. The number of sulfonamides is 1. The number of nitrogens with zero attached hydrogens (tertiary/aromatic N) is 1. The third-order valence-corrected chi connectivity index (χ3v) is 8.12. The number of ether oxygens (including phenoxy) is 2. The number of hydrogen-bond acceptors (Lipinski definition) is 6. The lowest BCUT2D eigenvalue weighted by atomic mass is 10.1. The van der Waals surface area contributed by atoms with E-state index in [9.17, 15) is 18.0 Å². The molecule has 0 aliphatic carbocycles. The van der Waals surface area contributed by atoms with Crippen molar-refractivity contribution in [2.75, 3.05) is 38.7 Å². The van der Waals surface area contributed by atoms with Crippen LogP contribution in [0.25, 0.3) is 0 Å². The van der Waals surface area contributed by atoms with E-state index in [0.717, 1.165) is 5.56 Å². The Morgan fingerprint density at radius 2 is 1.68 bits per heavy atom. The number of benzene rings is 3. The van der Waals surface area contributed by atoms with Gasteiger partial charge < -0.3 is 20.1 Å². The molecule has 9 nitrogen and oxygen atoms in total. The zero-order valence-corrected chi connectivity index (χ0v) is 22.0. The first-order valence-electron chi connectivity index (χ1n) is 12.3. The van der Waals surface area contributed by atoms with Crippen LogP contribution < -0.4 is 15.4 Å². The Morgan fingerprint density at radius 1 is 0.974 bits per heavy atom. The Bertz CT molecular complexity index is 1370. The minimum Gasteiger partial charge on any atom is -0.496 e. The van der Waals surface area contributed by atoms with Gasteiger partial charge in [0.1, 0.15) is 5.75 Å². The fraction of sp³-hybridized carbons (Fsp3) is 0.286. The topological polar surface area (TPSA) is 114 Å². The standard InChI is InChI=1S/C28H31N3O6S/c1-36-26-13-12-23(38(34,35)31-15-17-37-18-16-31)19-22(26)11-14-27(32)30-25-10-6-5-9-24(25)28(33)29-20-21-7-3-2-4-8-21/h2-10,12-13,19H,11,14-18,20H2,1H3,(H,29,33)(H,30,32). The van der Waals surface area contributed by atoms with Gasteiger partial charge in [0.15, 0.2) is 0 Å². The molecule has 1 saturated heterocycles. The monoisotopic (exact) mass is 537 g/mol. The highest BCUT2D eigenvalue weighted by Crippen LogP contribution is 2.26. The van der Waals surface area contributed by atoms with Crippen LogP contribution in [-0.2, 0) is 32.5 Å². The molecular weight excluding hydrogens is 506 g/mol. The van der Waals surface area contributed by atoms with Gasteiger partial charge in [-0.3, -0.25) is 9.59 Å². The maximum atomic E-state index is 13.1. The van der Waals surface area contributed by atoms with Crippen molar-refractivity contribution in [3.63, 3.8) is 0 Å². The summed E-state index contributed by atoms with van der Waals surface area (Å²) in [6.45, 7) is 1.67. The number of hydrogen-bond donors (Lipinski definition) is 2. The summed E-state index contributed by atoms with van der Waals surface area (Å²) in [6, 6.07) is 21.0. The van der Waals surface area contributed by atoms with Crippen molar-refractivity contribution < 1.29 is 27.5 Å². The molecule has 0 atom stereocenters. The predicted molar refractivity (Wildman–Crippen MR) is 144 cm³/mol. The number of amides is 2. The predicted octanol–water partition coefficient (Wildman–Crippen LogP) is 3.22. The second-order valence-corrected chi connectivity index (χ2v) is 10.7. The minimum atomic E-state index is -3.68. The van der Waals surface area contributed by atoms with Gasteiger partial charge in [0.05, 0.1) is 36.5 Å². The van der Waals surface area contributed by atoms with Crippen molar-refractivity contribution in [2.45, 2.75) is 24.3 Å². The second-order valence-electron chi connectivity index (χ2n) is 8.75. The molecule has 0 saturated carbocycles. The molecule has 1 heterocycles. The fourth-order valence-corrected chi connectivity index (χ4v) is 5.63. The molecule has 4 rings (SSSR count). The van der Waals surface area contributed by atoms with Crippen LogP contribution in [0.15, 0.2) is 77.7 Å².